The van der Waals surface area contributed by atoms with E-state index in [-0.39, 0.29) is 24.2 Å². The topological polar surface area (TPSA) is 106 Å². The lowest BCUT2D eigenvalue weighted by Crippen LogP contribution is -2.48. The fourth-order valence-corrected chi connectivity index (χ4v) is 4.64. The standard InChI is InChI=1S/C24H25N7O3/c1-15-2-3-16(12-26-15)19-4-5-20-22(27-19)31(17-7-10-30(20)13-17)24(32)29-21-6-9-25-23(28-21)34-18-8-11-33-14-18/h2-6,9,12,17-18H,7-8,10-11,13-14H2,1H3,(H,25,28,29,32)/t17-,18?/m0/s1. The highest BCUT2D eigenvalue weighted by Gasteiger charge is 2.40. The number of pyridine rings is 2. The van der Waals surface area contributed by atoms with Crippen molar-refractivity contribution in [3.63, 3.8) is 0 Å². The van der Waals surface area contributed by atoms with Gasteiger partial charge in [0.05, 0.1) is 30.6 Å². The average molecular weight is 460 g/mol. The van der Waals surface area contributed by atoms with E-state index < -0.39 is 0 Å². The van der Waals surface area contributed by atoms with Crippen LogP contribution in [0.25, 0.3) is 11.3 Å². The molecule has 1 N–H and O–H groups in total. The van der Waals surface area contributed by atoms with E-state index in [0.717, 1.165) is 48.6 Å². The van der Waals surface area contributed by atoms with Crippen LogP contribution in [0.3, 0.4) is 0 Å². The van der Waals surface area contributed by atoms with Crippen molar-refractivity contribution < 1.29 is 14.3 Å². The molecule has 10 nitrogen and oxygen atoms in total. The number of anilines is 3. The normalized spacial score (nSPS) is 20.9. The number of aromatic nitrogens is 4. The highest BCUT2D eigenvalue weighted by molar-refractivity contribution is 6.04. The number of amides is 2. The summed E-state index contributed by atoms with van der Waals surface area (Å²) in [4.78, 5) is 35.4. The van der Waals surface area contributed by atoms with E-state index in [9.17, 15) is 4.79 Å². The molecule has 2 fully saturated rings. The summed E-state index contributed by atoms with van der Waals surface area (Å²) in [5.41, 5.74) is 3.60. The van der Waals surface area contributed by atoms with Gasteiger partial charge in [0.15, 0.2) is 5.82 Å². The summed E-state index contributed by atoms with van der Waals surface area (Å²) in [5, 5.41) is 2.92. The second-order valence-corrected chi connectivity index (χ2v) is 8.74. The predicted molar refractivity (Wildman–Crippen MR) is 126 cm³/mol. The molecule has 3 aromatic heterocycles. The van der Waals surface area contributed by atoms with Crippen molar-refractivity contribution in [2.45, 2.75) is 31.9 Å². The van der Waals surface area contributed by atoms with Crippen LogP contribution in [-0.2, 0) is 4.74 Å². The Morgan fingerprint density at radius 1 is 1.15 bits per heavy atom. The number of fused-ring (bicyclic) bond motifs is 4. The van der Waals surface area contributed by atoms with E-state index in [1.165, 1.54) is 0 Å². The van der Waals surface area contributed by atoms with E-state index in [1.807, 2.05) is 37.4 Å². The predicted octanol–water partition coefficient (Wildman–Crippen LogP) is 3.04. The van der Waals surface area contributed by atoms with Crippen LogP contribution in [0.5, 0.6) is 6.01 Å². The van der Waals surface area contributed by atoms with Crippen LogP contribution in [0.1, 0.15) is 18.5 Å². The van der Waals surface area contributed by atoms with Gasteiger partial charge >= 0.3 is 12.0 Å². The molecule has 34 heavy (non-hydrogen) atoms. The maximum Gasteiger partial charge on any atom is 0.329 e. The van der Waals surface area contributed by atoms with Gasteiger partial charge in [0.25, 0.3) is 0 Å². The highest BCUT2D eigenvalue weighted by atomic mass is 16.6. The lowest BCUT2D eigenvalue weighted by molar-refractivity contribution is 0.134. The number of nitrogens with zero attached hydrogens (tertiary/aromatic N) is 6. The van der Waals surface area contributed by atoms with Crippen molar-refractivity contribution in [3.05, 3.63) is 48.4 Å². The van der Waals surface area contributed by atoms with E-state index in [1.54, 1.807) is 17.2 Å². The van der Waals surface area contributed by atoms with Gasteiger partial charge in [-0.15, -0.1) is 0 Å². The van der Waals surface area contributed by atoms with Gasteiger partial charge in [0.1, 0.15) is 11.9 Å². The lowest BCUT2D eigenvalue weighted by atomic mass is 10.1. The molecule has 2 atom stereocenters. The smallest absolute Gasteiger partial charge is 0.329 e. The van der Waals surface area contributed by atoms with Crippen LogP contribution in [0, 0.1) is 6.92 Å². The maximum absolute atomic E-state index is 13.5. The van der Waals surface area contributed by atoms with Crippen LogP contribution >= 0.6 is 0 Å². The lowest BCUT2D eigenvalue weighted by Gasteiger charge is -2.35. The molecule has 3 aliphatic heterocycles. The number of hydrogen-bond acceptors (Lipinski definition) is 8. The van der Waals surface area contributed by atoms with E-state index in [2.05, 4.69) is 25.2 Å². The van der Waals surface area contributed by atoms with Crippen LogP contribution in [0.2, 0.25) is 0 Å². The maximum atomic E-state index is 13.5. The Bertz CT molecular complexity index is 1210. The van der Waals surface area contributed by atoms with Gasteiger partial charge < -0.3 is 14.4 Å². The summed E-state index contributed by atoms with van der Waals surface area (Å²) in [7, 11) is 0. The Hall–Kier alpha value is -3.79. The zero-order valence-corrected chi connectivity index (χ0v) is 18.8. The van der Waals surface area contributed by atoms with E-state index in [4.69, 9.17) is 14.5 Å². The number of carbonyl (C=O) groups is 1. The molecule has 3 aliphatic rings. The van der Waals surface area contributed by atoms with Crippen LogP contribution in [-0.4, -0.2) is 64.4 Å². The molecule has 0 aliphatic carbocycles. The minimum Gasteiger partial charge on any atom is -0.458 e. The summed E-state index contributed by atoms with van der Waals surface area (Å²) < 4.78 is 11.1. The molecular weight excluding hydrogens is 434 g/mol. The van der Waals surface area contributed by atoms with Crippen molar-refractivity contribution in [1.82, 2.24) is 19.9 Å². The largest absolute Gasteiger partial charge is 0.458 e. The van der Waals surface area contributed by atoms with E-state index >= 15 is 0 Å². The molecule has 2 bridgehead atoms. The van der Waals surface area contributed by atoms with Gasteiger partial charge in [-0.3, -0.25) is 15.2 Å². The monoisotopic (exact) mass is 459 g/mol. The third-order valence-corrected chi connectivity index (χ3v) is 6.41. The van der Waals surface area contributed by atoms with Crippen LogP contribution < -0.4 is 19.9 Å². The van der Waals surface area contributed by atoms with Gasteiger partial charge in [0, 0.05) is 43.2 Å². The van der Waals surface area contributed by atoms with Gasteiger partial charge in [-0.25, -0.2) is 14.8 Å². The molecule has 10 heteroatoms. The van der Waals surface area contributed by atoms with Crippen molar-refractivity contribution >= 4 is 23.4 Å². The molecule has 6 heterocycles. The first kappa shape index (κ1) is 20.8. The molecule has 6 rings (SSSR count). The first-order valence-electron chi connectivity index (χ1n) is 11.5. The molecular formula is C24H25N7O3. The number of urea groups is 1. The minimum atomic E-state index is -0.270. The first-order valence-corrected chi connectivity index (χ1v) is 11.5. The SMILES string of the molecule is Cc1ccc(-c2ccc3c(n2)N(C(=O)Nc2ccnc(OC4CCOC4)n2)[C@H]2CCN3C2)cn1. The molecule has 0 radical (unpaired) electrons. The van der Waals surface area contributed by atoms with Gasteiger partial charge in [-0.1, -0.05) is 0 Å². The summed E-state index contributed by atoms with van der Waals surface area (Å²) in [6.07, 6.45) is 5.00. The summed E-state index contributed by atoms with van der Waals surface area (Å²) in [6.45, 7) is 4.82. The molecule has 174 valence electrons. The van der Waals surface area contributed by atoms with Gasteiger partial charge in [0.2, 0.25) is 0 Å². The van der Waals surface area contributed by atoms with Crippen molar-refractivity contribution in [2.75, 3.05) is 41.4 Å². The third-order valence-electron chi connectivity index (χ3n) is 6.41. The molecule has 3 aromatic rings. The first-order chi connectivity index (χ1) is 16.6. The highest BCUT2D eigenvalue weighted by Crippen LogP contribution is 2.40. The molecule has 0 aromatic carbocycles. The average Bonchev–Trinajstić information content (AvgIpc) is 3.50. The van der Waals surface area contributed by atoms with Crippen molar-refractivity contribution in [2.24, 2.45) is 0 Å². The second-order valence-electron chi connectivity index (χ2n) is 8.74. The molecule has 0 spiro atoms. The summed E-state index contributed by atoms with van der Waals surface area (Å²) in [5.74, 6) is 1.03. The van der Waals surface area contributed by atoms with Crippen LogP contribution in [0.15, 0.2) is 42.7 Å². The fraction of sp³-hybridized carbons (Fsp3) is 0.375. The fourth-order valence-electron chi connectivity index (χ4n) is 4.64. The summed E-state index contributed by atoms with van der Waals surface area (Å²) in [6, 6.07) is 9.64. The number of hydrogen-bond donors (Lipinski definition) is 1. The molecule has 2 saturated heterocycles. The quantitative estimate of drug-likeness (QED) is 0.635. The second kappa shape index (κ2) is 8.53. The Kier molecular flexibility index (Phi) is 5.21. The molecule has 2 amide bonds. The number of ether oxygens (including phenoxy) is 2. The zero-order valence-electron chi connectivity index (χ0n) is 18.8. The zero-order chi connectivity index (χ0) is 23.1. The minimum absolute atomic E-state index is 0.0413. The summed E-state index contributed by atoms with van der Waals surface area (Å²) >= 11 is 0. The van der Waals surface area contributed by atoms with Crippen molar-refractivity contribution in [3.8, 4) is 17.3 Å². The molecule has 0 saturated carbocycles. The Balaban J connectivity index is 1.27. The van der Waals surface area contributed by atoms with Crippen LogP contribution in [0.4, 0.5) is 22.1 Å². The van der Waals surface area contributed by atoms with Gasteiger partial charge in [-0.2, -0.15) is 4.98 Å². The Morgan fingerprint density at radius 3 is 2.91 bits per heavy atom. The third kappa shape index (κ3) is 3.90. The molecule has 1 unspecified atom stereocenters. The number of nitrogens with one attached hydrogen (secondary N) is 1. The van der Waals surface area contributed by atoms with E-state index in [0.29, 0.717) is 24.8 Å². The number of aryl methyl sites for hydroxylation is 1. The van der Waals surface area contributed by atoms with Crippen molar-refractivity contribution in [1.29, 1.82) is 0 Å². The van der Waals surface area contributed by atoms with Gasteiger partial charge in [-0.05, 0) is 43.7 Å². The number of rotatable bonds is 4. The number of carbonyl (C=O) groups excluding carboxylic acids is 1. The Morgan fingerprint density at radius 2 is 2.09 bits per heavy atom. The Labute approximate surface area is 197 Å².